The van der Waals surface area contributed by atoms with Crippen LogP contribution in [0.25, 0.3) is 0 Å². The van der Waals surface area contributed by atoms with E-state index in [1.54, 1.807) is 25.2 Å². The molecule has 0 spiro atoms. The number of likely N-dealkylation sites (tertiary alicyclic amines) is 1. The summed E-state index contributed by atoms with van der Waals surface area (Å²) >= 11 is 12.3. The van der Waals surface area contributed by atoms with E-state index in [0.717, 1.165) is 13.1 Å². The van der Waals surface area contributed by atoms with Gasteiger partial charge in [-0.15, -0.1) is 12.4 Å². The van der Waals surface area contributed by atoms with E-state index in [1.807, 2.05) is 0 Å². The Balaban J connectivity index is 0.00000288. The van der Waals surface area contributed by atoms with Gasteiger partial charge in [0.05, 0.1) is 22.4 Å². The summed E-state index contributed by atoms with van der Waals surface area (Å²) in [4.78, 5) is 18.3. The molecule has 0 aliphatic carbocycles. The topological polar surface area (TPSA) is 68.8 Å². The fraction of sp³-hybridized carbons (Fsp3) is 0.467. The quantitative estimate of drug-likeness (QED) is 0.542. The molecule has 0 atom stereocenters. The number of benzene rings is 1. The standard InChI is InChI=1S/C15H21Cl2N5O.ClH/c1-18-15(23)21-14(19-10-22-8-3-2-4-9-22)20-13-11(16)6-5-7-12(13)17;/h5-7H,2-4,8-10H2,1H3,(H3,18,19,20,21,23);1H. The SMILES string of the molecule is CNC(=O)NC(=NCN1CCCCC1)Nc1c(Cl)cccc1Cl.Cl. The second kappa shape index (κ2) is 10.6. The van der Waals surface area contributed by atoms with Gasteiger partial charge in [0.25, 0.3) is 0 Å². The number of hydrogen-bond donors (Lipinski definition) is 3. The van der Waals surface area contributed by atoms with Crippen LogP contribution < -0.4 is 16.0 Å². The number of nitrogens with one attached hydrogen (secondary N) is 3. The summed E-state index contributed by atoms with van der Waals surface area (Å²) in [6.45, 7) is 2.54. The van der Waals surface area contributed by atoms with Crippen molar-refractivity contribution in [3.63, 3.8) is 0 Å². The molecule has 2 rings (SSSR count). The van der Waals surface area contributed by atoms with Crippen LogP contribution in [0.3, 0.4) is 0 Å². The summed E-state index contributed by atoms with van der Waals surface area (Å²) in [5.41, 5.74) is 0.518. The number of hydrogen-bond acceptors (Lipinski definition) is 3. The molecule has 0 aromatic heterocycles. The molecule has 2 amide bonds. The Morgan fingerprint density at radius 3 is 2.42 bits per heavy atom. The van der Waals surface area contributed by atoms with E-state index in [9.17, 15) is 4.79 Å². The molecule has 9 heteroatoms. The molecule has 3 N–H and O–H groups in total. The Morgan fingerprint density at radius 1 is 1.21 bits per heavy atom. The second-order valence-electron chi connectivity index (χ2n) is 5.25. The number of rotatable bonds is 3. The van der Waals surface area contributed by atoms with Gasteiger partial charge in [-0.05, 0) is 38.1 Å². The lowest BCUT2D eigenvalue weighted by atomic mass is 10.1. The van der Waals surface area contributed by atoms with Crippen molar-refractivity contribution < 1.29 is 4.79 Å². The van der Waals surface area contributed by atoms with Crippen LogP contribution in [-0.2, 0) is 0 Å². The van der Waals surface area contributed by atoms with Crippen LogP contribution in [-0.4, -0.2) is 43.7 Å². The van der Waals surface area contributed by atoms with Crippen molar-refractivity contribution in [2.45, 2.75) is 19.3 Å². The minimum absolute atomic E-state index is 0. The molecule has 1 aliphatic rings. The van der Waals surface area contributed by atoms with Crippen LogP contribution in [0.4, 0.5) is 10.5 Å². The van der Waals surface area contributed by atoms with Crippen LogP contribution in [0.5, 0.6) is 0 Å². The number of halogens is 3. The predicted octanol–water partition coefficient (Wildman–Crippen LogP) is 3.56. The molecule has 1 fully saturated rings. The normalized spacial score (nSPS) is 15.4. The summed E-state index contributed by atoms with van der Waals surface area (Å²) in [7, 11) is 1.54. The minimum atomic E-state index is -0.363. The first-order valence-corrected chi connectivity index (χ1v) is 8.32. The molecular weight excluding hydrogens is 373 g/mol. The number of aliphatic imine (C=N–C) groups is 1. The summed E-state index contributed by atoms with van der Waals surface area (Å²) < 4.78 is 0. The van der Waals surface area contributed by atoms with Crippen LogP contribution in [0.1, 0.15) is 19.3 Å². The number of urea groups is 1. The Kier molecular flexibility index (Phi) is 9.21. The lowest BCUT2D eigenvalue weighted by Gasteiger charge is -2.25. The van der Waals surface area contributed by atoms with E-state index in [1.165, 1.54) is 19.3 Å². The fourth-order valence-electron chi connectivity index (χ4n) is 2.29. The van der Waals surface area contributed by atoms with E-state index in [4.69, 9.17) is 23.2 Å². The Labute approximate surface area is 158 Å². The smallest absolute Gasteiger partial charge is 0.321 e. The summed E-state index contributed by atoms with van der Waals surface area (Å²) in [6, 6.07) is 4.83. The highest BCUT2D eigenvalue weighted by Crippen LogP contribution is 2.29. The van der Waals surface area contributed by atoms with Gasteiger partial charge in [0.1, 0.15) is 0 Å². The van der Waals surface area contributed by atoms with Crippen LogP contribution in [0, 0.1) is 0 Å². The van der Waals surface area contributed by atoms with E-state index >= 15 is 0 Å². The average Bonchev–Trinajstić information content (AvgIpc) is 2.56. The predicted molar refractivity (Wildman–Crippen MR) is 103 cm³/mol. The van der Waals surface area contributed by atoms with E-state index in [2.05, 4.69) is 25.8 Å². The monoisotopic (exact) mass is 393 g/mol. The fourth-order valence-corrected chi connectivity index (χ4v) is 2.78. The lowest BCUT2D eigenvalue weighted by Crippen LogP contribution is -2.42. The first-order chi connectivity index (χ1) is 11.1. The van der Waals surface area contributed by atoms with Crippen molar-refractivity contribution in [2.75, 3.05) is 32.1 Å². The molecule has 6 nitrogen and oxygen atoms in total. The zero-order valence-corrected chi connectivity index (χ0v) is 15.8. The maximum Gasteiger partial charge on any atom is 0.321 e. The van der Waals surface area contributed by atoms with Crippen molar-refractivity contribution in [1.82, 2.24) is 15.5 Å². The Morgan fingerprint density at radius 2 is 1.83 bits per heavy atom. The molecule has 1 saturated heterocycles. The second-order valence-corrected chi connectivity index (χ2v) is 6.07. The first kappa shape index (κ1) is 20.8. The van der Waals surface area contributed by atoms with Crippen molar-refractivity contribution in [3.8, 4) is 0 Å². The van der Waals surface area contributed by atoms with Crippen LogP contribution in [0.2, 0.25) is 10.0 Å². The number of carbonyl (C=O) groups is 1. The Bertz CT molecular complexity index is 556. The number of anilines is 1. The number of para-hydroxylation sites is 1. The number of guanidine groups is 1. The first-order valence-electron chi connectivity index (χ1n) is 7.56. The molecule has 0 radical (unpaired) electrons. The van der Waals surface area contributed by atoms with E-state index in [0.29, 0.717) is 28.4 Å². The zero-order chi connectivity index (χ0) is 16.7. The van der Waals surface area contributed by atoms with Crippen molar-refractivity contribution >= 4 is 53.3 Å². The molecule has 1 heterocycles. The molecular formula is C15H22Cl3N5O. The average molecular weight is 395 g/mol. The third-order valence-corrected chi connectivity index (χ3v) is 4.17. The van der Waals surface area contributed by atoms with Gasteiger partial charge in [-0.2, -0.15) is 0 Å². The number of amides is 2. The molecule has 1 aromatic carbocycles. The third kappa shape index (κ3) is 6.36. The minimum Gasteiger partial charge on any atom is -0.341 e. The largest absolute Gasteiger partial charge is 0.341 e. The van der Waals surface area contributed by atoms with E-state index in [-0.39, 0.29) is 18.4 Å². The van der Waals surface area contributed by atoms with Gasteiger partial charge in [-0.1, -0.05) is 35.7 Å². The molecule has 0 bridgehead atoms. The highest BCUT2D eigenvalue weighted by atomic mass is 35.5. The van der Waals surface area contributed by atoms with Crippen molar-refractivity contribution in [1.29, 1.82) is 0 Å². The molecule has 0 saturated carbocycles. The molecule has 134 valence electrons. The maximum absolute atomic E-state index is 11.6. The van der Waals surface area contributed by atoms with Gasteiger partial charge in [-0.25, -0.2) is 9.79 Å². The van der Waals surface area contributed by atoms with Gasteiger partial charge in [0, 0.05) is 7.05 Å². The molecule has 0 unspecified atom stereocenters. The van der Waals surface area contributed by atoms with Gasteiger partial charge >= 0.3 is 6.03 Å². The van der Waals surface area contributed by atoms with E-state index < -0.39 is 0 Å². The van der Waals surface area contributed by atoms with Crippen molar-refractivity contribution in [2.24, 2.45) is 4.99 Å². The summed E-state index contributed by atoms with van der Waals surface area (Å²) in [5.74, 6) is 0.310. The van der Waals surface area contributed by atoms with Gasteiger partial charge in [0.15, 0.2) is 0 Å². The van der Waals surface area contributed by atoms with Gasteiger partial charge in [0.2, 0.25) is 5.96 Å². The van der Waals surface area contributed by atoms with Crippen LogP contribution in [0.15, 0.2) is 23.2 Å². The van der Waals surface area contributed by atoms with Gasteiger partial charge < -0.3 is 10.6 Å². The lowest BCUT2D eigenvalue weighted by molar-refractivity contribution is 0.235. The highest BCUT2D eigenvalue weighted by molar-refractivity contribution is 6.39. The summed E-state index contributed by atoms with van der Waals surface area (Å²) in [6.07, 6.45) is 3.62. The maximum atomic E-state index is 11.6. The molecule has 1 aliphatic heterocycles. The molecule has 1 aromatic rings. The summed E-state index contributed by atoms with van der Waals surface area (Å²) in [5, 5.41) is 9.08. The highest BCUT2D eigenvalue weighted by Gasteiger charge is 2.13. The van der Waals surface area contributed by atoms with Gasteiger partial charge in [-0.3, -0.25) is 10.2 Å². The third-order valence-electron chi connectivity index (χ3n) is 3.54. The number of nitrogens with zero attached hydrogens (tertiary/aromatic N) is 2. The number of carbonyl (C=O) groups excluding carboxylic acids is 1. The number of piperidine rings is 1. The Hall–Kier alpha value is -1.21. The van der Waals surface area contributed by atoms with Crippen molar-refractivity contribution in [3.05, 3.63) is 28.2 Å². The zero-order valence-electron chi connectivity index (χ0n) is 13.4. The van der Waals surface area contributed by atoms with Crippen LogP contribution >= 0.6 is 35.6 Å². The molecule has 24 heavy (non-hydrogen) atoms.